The minimum Gasteiger partial charge on any atom is -0.330 e. The highest BCUT2D eigenvalue weighted by molar-refractivity contribution is 8.42. The zero-order chi connectivity index (χ0) is 24.7. The van der Waals surface area contributed by atoms with Crippen molar-refractivity contribution in [3.8, 4) is 11.8 Å². The van der Waals surface area contributed by atoms with Gasteiger partial charge in [0.05, 0.1) is 6.04 Å². The highest BCUT2D eigenvalue weighted by Gasteiger charge is 2.73. The molecule has 3 heterocycles. The average molecular weight is 487 g/mol. The van der Waals surface area contributed by atoms with Gasteiger partial charge in [-0.25, -0.2) is 10.0 Å². The largest absolute Gasteiger partial charge is 0.330 e. The van der Waals surface area contributed by atoms with Gasteiger partial charge in [0.2, 0.25) is 0 Å². The van der Waals surface area contributed by atoms with E-state index >= 15 is 0 Å². The Hall–Kier alpha value is -2.48. The molecule has 1 aromatic carbocycles. The molecule has 0 aromatic heterocycles. The van der Waals surface area contributed by atoms with E-state index in [1.807, 2.05) is 13.8 Å². The van der Waals surface area contributed by atoms with Crippen LogP contribution in [0.15, 0.2) is 65.4 Å². The van der Waals surface area contributed by atoms with Gasteiger partial charge in [-0.05, 0) is 93.4 Å². The Balaban J connectivity index is 1.40. The maximum absolute atomic E-state index is 13.8. The van der Waals surface area contributed by atoms with E-state index in [-0.39, 0.29) is 15.9 Å². The molecule has 1 amide bonds. The number of rotatable bonds is 7. The molecule has 4 heteroatoms. The number of hydrogen-bond donors (Lipinski definition) is 1. The van der Waals surface area contributed by atoms with E-state index in [1.54, 1.807) is 0 Å². The van der Waals surface area contributed by atoms with E-state index in [0.29, 0.717) is 12.6 Å². The van der Waals surface area contributed by atoms with E-state index in [2.05, 4.69) is 66.7 Å². The maximum atomic E-state index is 13.8. The van der Waals surface area contributed by atoms with Crippen LogP contribution in [0.2, 0.25) is 0 Å². The van der Waals surface area contributed by atoms with Crippen LogP contribution in [0.5, 0.6) is 0 Å². The summed E-state index contributed by atoms with van der Waals surface area (Å²) in [6, 6.07) is 8.99. The third-order valence-electron chi connectivity index (χ3n) is 8.16. The molecule has 0 radical (unpaired) electrons. The second kappa shape index (κ2) is 9.52. The number of amides is 1. The summed E-state index contributed by atoms with van der Waals surface area (Å²) in [6.45, 7) is 11.0. The van der Waals surface area contributed by atoms with Crippen molar-refractivity contribution in [2.75, 3.05) is 18.1 Å². The van der Waals surface area contributed by atoms with Crippen LogP contribution in [0.4, 0.5) is 0 Å². The molecule has 4 atom stereocenters. The normalized spacial score (nSPS) is 30.2. The predicted octanol–water partition coefficient (Wildman–Crippen LogP) is 5.86. The second-order valence-electron chi connectivity index (χ2n) is 10.7. The minimum absolute atomic E-state index is 0.126. The van der Waals surface area contributed by atoms with Gasteiger partial charge >= 0.3 is 0 Å². The van der Waals surface area contributed by atoms with Crippen LogP contribution in [0.1, 0.15) is 57.1 Å². The van der Waals surface area contributed by atoms with E-state index in [1.165, 1.54) is 41.0 Å². The number of benzene rings is 1. The van der Waals surface area contributed by atoms with Crippen molar-refractivity contribution in [2.45, 2.75) is 69.4 Å². The second-order valence-corrected chi connectivity index (χ2v) is 14.6. The number of carbonyl (C=O) groups is 1. The van der Waals surface area contributed by atoms with Gasteiger partial charge in [0, 0.05) is 33.8 Å². The van der Waals surface area contributed by atoms with Crippen molar-refractivity contribution >= 4 is 21.5 Å². The van der Waals surface area contributed by atoms with Crippen LogP contribution in [-0.4, -0.2) is 45.4 Å². The number of allylic oxidation sites excluding steroid dienone is 6. The quantitative estimate of drug-likeness (QED) is 0.227. The number of unbranched alkanes of at least 4 members (excludes halogenated alkanes) is 1. The molecule has 3 aliphatic heterocycles. The van der Waals surface area contributed by atoms with Gasteiger partial charge < -0.3 is 10.6 Å². The lowest BCUT2D eigenvalue weighted by Crippen LogP contribution is -2.54. The summed E-state index contributed by atoms with van der Waals surface area (Å²) < 4.78 is 0. The molecule has 35 heavy (non-hydrogen) atoms. The van der Waals surface area contributed by atoms with Crippen molar-refractivity contribution in [2.24, 2.45) is 5.73 Å². The SMILES string of the molecule is C=C(C)N(C(=O)/C(C)=C/C1=C(C#CCCCN)C=C(c2cccc(C)c2)C1)C1C2CCCS23CC13. The van der Waals surface area contributed by atoms with Crippen LogP contribution in [-0.2, 0) is 4.79 Å². The Labute approximate surface area is 212 Å². The first-order chi connectivity index (χ1) is 16.9. The molecule has 3 nitrogen and oxygen atoms in total. The number of hydrogen-bond acceptors (Lipinski definition) is 2. The molecule has 5 rings (SSSR count). The Morgan fingerprint density at radius 2 is 2.14 bits per heavy atom. The lowest BCUT2D eigenvalue weighted by atomic mass is 9.99. The van der Waals surface area contributed by atoms with Crippen LogP contribution < -0.4 is 5.73 Å². The van der Waals surface area contributed by atoms with Gasteiger partial charge in [-0.3, -0.25) is 4.79 Å². The minimum atomic E-state index is -0.352. The fourth-order valence-electron chi connectivity index (χ4n) is 6.41. The molecule has 0 bridgehead atoms. The Bertz CT molecular complexity index is 1230. The molecular weight excluding hydrogens is 448 g/mol. The summed E-state index contributed by atoms with van der Waals surface area (Å²) in [4.78, 5) is 15.8. The van der Waals surface area contributed by atoms with Crippen LogP contribution in [0.3, 0.4) is 0 Å². The highest BCUT2D eigenvalue weighted by Crippen LogP contribution is 2.86. The zero-order valence-corrected chi connectivity index (χ0v) is 22.2. The third-order valence-corrected chi connectivity index (χ3v) is 13.1. The molecule has 184 valence electrons. The molecule has 1 spiro atoms. The number of aryl methyl sites for hydroxylation is 1. The van der Waals surface area contributed by atoms with Crippen molar-refractivity contribution < 1.29 is 4.79 Å². The summed E-state index contributed by atoms with van der Waals surface area (Å²) >= 11 is 0. The Kier molecular flexibility index (Phi) is 6.59. The maximum Gasteiger partial charge on any atom is 0.253 e. The molecule has 2 N–H and O–H groups in total. The van der Waals surface area contributed by atoms with E-state index in [0.717, 1.165) is 52.2 Å². The third kappa shape index (κ3) is 4.34. The van der Waals surface area contributed by atoms with E-state index in [4.69, 9.17) is 5.73 Å². The molecule has 1 aromatic rings. The smallest absolute Gasteiger partial charge is 0.253 e. The van der Waals surface area contributed by atoms with Crippen LogP contribution in [0.25, 0.3) is 5.57 Å². The van der Waals surface area contributed by atoms with Gasteiger partial charge in [0.25, 0.3) is 5.91 Å². The standard InChI is InChI=1S/C31H38N2OS/c1-21(2)33(30-28-13-9-15-35(28)20-29(30)35)31(34)23(4)17-26-19-27(24-12-8-10-22(3)16-24)18-25(26)11-6-5-7-14-32/h8,10,12,16-18,28-30H,1,5,7,9,13-15,19-20,32H2,2-4H3/b23-17+. The molecular formula is C31H38N2OS. The van der Waals surface area contributed by atoms with Gasteiger partial charge in [0.15, 0.2) is 0 Å². The van der Waals surface area contributed by atoms with Gasteiger partial charge in [-0.15, -0.1) is 0 Å². The molecule has 3 saturated heterocycles. The first-order valence-electron chi connectivity index (χ1n) is 13.0. The van der Waals surface area contributed by atoms with Gasteiger partial charge in [-0.2, -0.15) is 0 Å². The molecule has 3 fully saturated rings. The van der Waals surface area contributed by atoms with Crippen molar-refractivity contribution in [1.82, 2.24) is 4.90 Å². The lowest BCUT2D eigenvalue weighted by Gasteiger charge is -2.49. The average Bonchev–Trinajstić information content (AvgIpc) is 3.07. The topological polar surface area (TPSA) is 46.3 Å². The number of nitrogens with two attached hydrogens (primary N) is 1. The Morgan fingerprint density at radius 1 is 1.31 bits per heavy atom. The first kappa shape index (κ1) is 24.2. The van der Waals surface area contributed by atoms with Crippen molar-refractivity contribution in [3.05, 3.63) is 76.5 Å². The highest BCUT2D eigenvalue weighted by atomic mass is 32.3. The zero-order valence-electron chi connectivity index (χ0n) is 21.4. The van der Waals surface area contributed by atoms with Crippen LogP contribution in [0, 0.1) is 18.8 Å². The van der Waals surface area contributed by atoms with Gasteiger partial charge in [0.1, 0.15) is 0 Å². The number of carbonyl (C=O) groups excluding carboxylic acids is 1. The van der Waals surface area contributed by atoms with E-state index in [9.17, 15) is 4.79 Å². The fraction of sp³-hybridized carbons (Fsp3) is 0.452. The monoisotopic (exact) mass is 486 g/mol. The molecule has 4 unspecified atom stereocenters. The molecule has 1 aliphatic carbocycles. The summed E-state index contributed by atoms with van der Waals surface area (Å²) in [5.74, 6) is 9.63. The van der Waals surface area contributed by atoms with Gasteiger partial charge in [-0.1, -0.05) is 48.2 Å². The lowest BCUT2D eigenvalue weighted by molar-refractivity contribution is -0.127. The summed E-state index contributed by atoms with van der Waals surface area (Å²) in [5, 5.41) is 1.53. The molecule has 4 aliphatic rings. The van der Waals surface area contributed by atoms with Crippen LogP contribution >= 0.6 is 10.0 Å². The molecule has 0 saturated carbocycles. The Morgan fingerprint density at radius 3 is 2.89 bits per heavy atom. The van der Waals surface area contributed by atoms with E-state index < -0.39 is 0 Å². The fourth-order valence-corrected chi connectivity index (χ4v) is 11.9. The summed E-state index contributed by atoms with van der Waals surface area (Å²) in [5.41, 5.74) is 13.2. The first-order valence-corrected chi connectivity index (χ1v) is 15.1. The number of nitrogens with zero attached hydrogens (tertiary/aromatic N) is 1. The van der Waals surface area contributed by atoms with Crippen molar-refractivity contribution in [1.29, 1.82) is 0 Å². The van der Waals surface area contributed by atoms with Crippen molar-refractivity contribution in [3.63, 3.8) is 0 Å². The summed E-state index contributed by atoms with van der Waals surface area (Å²) in [6.07, 6.45) is 9.44. The predicted molar refractivity (Wildman–Crippen MR) is 150 cm³/mol. The summed E-state index contributed by atoms with van der Waals surface area (Å²) in [7, 11) is -0.352.